The van der Waals surface area contributed by atoms with Crippen LogP contribution in [0.25, 0.3) is 0 Å². The first-order valence-corrected chi connectivity index (χ1v) is 3.78. The van der Waals surface area contributed by atoms with E-state index in [9.17, 15) is 22.4 Å². The maximum atomic E-state index is 12.4. The van der Waals surface area contributed by atoms with Crippen LogP contribution in [0.3, 0.4) is 0 Å². The number of carbonyl (C=O) groups is 1. The average molecular weight is 216 g/mol. The summed E-state index contributed by atoms with van der Waals surface area (Å²) in [7, 11) is 0. The number of benzene rings is 1. The van der Waals surface area contributed by atoms with Crippen LogP contribution in [0.2, 0.25) is 0 Å². The Balaban J connectivity index is 2.83. The van der Waals surface area contributed by atoms with E-state index in [0.29, 0.717) is 0 Å². The van der Waals surface area contributed by atoms with Crippen LogP contribution in [0, 0.1) is 17.7 Å². The molecule has 0 amide bonds. The smallest absolute Gasteiger partial charge is 0.275 e. The van der Waals surface area contributed by atoms with Gasteiger partial charge in [0, 0.05) is 5.56 Å². The zero-order chi connectivity index (χ0) is 11.5. The summed E-state index contributed by atoms with van der Waals surface area (Å²) < 4.78 is 47.5. The number of Topliss-reactive ketones (excluding diaryl/α,β-unsaturated/α-hetero) is 1. The summed E-state index contributed by atoms with van der Waals surface area (Å²) in [5.74, 6) is 0.770. The van der Waals surface area contributed by atoms with Gasteiger partial charge in [-0.1, -0.05) is 5.92 Å². The predicted octanol–water partition coefficient (Wildman–Crippen LogP) is 2.31. The van der Waals surface area contributed by atoms with Gasteiger partial charge < -0.3 is 0 Å². The molecular weight excluding hydrogens is 212 g/mol. The predicted molar refractivity (Wildman–Crippen MR) is 44.3 cm³/mol. The third-order valence-electron chi connectivity index (χ3n) is 1.42. The molecule has 0 heterocycles. The number of halogens is 4. The Morgan fingerprint density at radius 1 is 1.13 bits per heavy atom. The number of hydrogen-bond acceptors (Lipinski definition) is 1. The minimum absolute atomic E-state index is 0.147. The molecule has 0 aliphatic carbocycles. The maximum absolute atomic E-state index is 12.4. The van der Waals surface area contributed by atoms with Crippen LogP contribution in [-0.4, -0.2) is 12.0 Å². The Labute approximate surface area is 82.7 Å². The number of alkyl halides is 3. The number of carbonyl (C=O) groups excluding carboxylic acids is 1. The van der Waals surface area contributed by atoms with Crippen LogP contribution < -0.4 is 0 Å². The third-order valence-corrected chi connectivity index (χ3v) is 1.42. The van der Waals surface area contributed by atoms with Gasteiger partial charge in [-0.15, -0.1) is 0 Å². The number of hydrogen-bond donors (Lipinski definition) is 0. The highest BCUT2D eigenvalue weighted by Crippen LogP contribution is 2.15. The van der Waals surface area contributed by atoms with Gasteiger partial charge in [-0.3, -0.25) is 4.79 Å². The lowest BCUT2D eigenvalue weighted by molar-refractivity contribution is -0.164. The van der Waals surface area contributed by atoms with Crippen LogP contribution in [0.15, 0.2) is 24.3 Å². The molecule has 0 atom stereocenters. The average Bonchev–Trinajstić information content (AvgIpc) is 2.15. The highest BCUT2D eigenvalue weighted by molar-refractivity contribution is 6.00. The summed E-state index contributed by atoms with van der Waals surface area (Å²) in [6.07, 6.45) is -4.95. The monoisotopic (exact) mass is 216 g/mol. The molecule has 1 nitrogen and oxygen atoms in total. The lowest BCUT2D eigenvalue weighted by Crippen LogP contribution is -2.20. The summed E-state index contributed by atoms with van der Waals surface area (Å²) in [4.78, 5) is 10.3. The molecule has 78 valence electrons. The van der Waals surface area contributed by atoms with E-state index in [1.54, 1.807) is 0 Å². The lowest BCUT2D eigenvalue weighted by Gasteiger charge is -1.96. The van der Waals surface area contributed by atoms with E-state index in [2.05, 4.69) is 0 Å². The molecule has 0 fully saturated rings. The molecule has 15 heavy (non-hydrogen) atoms. The Morgan fingerprint density at radius 3 is 2.13 bits per heavy atom. The molecule has 0 unspecified atom stereocenters. The van der Waals surface area contributed by atoms with E-state index in [0.717, 1.165) is 12.1 Å². The lowest BCUT2D eigenvalue weighted by atomic mass is 10.2. The van der Waals surface area contributed by atoms with E-state index >= 15 is 0 Å². The fourth-order valence-corrected chi connectivity index (χ4v) is 0.733. The second-order valence-corrected chi connectivity index (χ2v) is 2.58. The van der Waals surface area contributed by atoms with Gasteiger partial charge >= 0.3 is 12.0 Å². The second kappa shape index (κ2) is 4.13. The molecular formula is C10H4F4O. The Bertz CT molecular complexity index is 419. The van der Waals surface area contributed by atoms with Crippen molar-refractivity contribution in [2.45, 2.75) is 6.18 Å². The van der Waals surface area contributed by atoms with Crippen molar-refractivity contribution < 1.29 is 22.4 Å². The van der Waals surface area contributed by atoms with Crippen molar-refractivity contribution in [1.82, 2.24) is 0 Å². The molecule has 5 heteroatoms. The van der Waals surface area contributed by atoms with Crippen LogP contribution in [0.4, 0.5) is 17.6 Å². The van der Waals surface area contributed by atoms with Gasteiger partial charge in [0.2, 0.25) is 0 Å². The normalized spacial score (nSPS) is 10.4. The summed E-state index contributed by atoms with van der Waals surface area (Å²) >= 11 is 0. The maximum Gasteiger partial charge on any atom is 0.462 e. The van der Waals surface area contributed by atoms with Crippen molar-refractivity contribution in [2.75, 3.05) is 0 Å². The van der Waals surface area contributed by atoms with Gasteiger partial charge in [0.15, 0.2) is 0 Å². The van der Waals surface area contributed by atoms with Crippen molar-refractivity contribution in [3.8, 4) is 11.8 Å². The summed E-state index contributed by atoms with van der Waals surface area (Å²) in [6.45, 7) is 0. The highest BCUT2D eigenvalue weighted by atomic mass is 19.4. The SMILES string of the molecule is O=C(C#Cc1ccc(F)cc1)C(F)(F)F. The van der Waals surface area contributed by atoms with Crippen molar-refractivity contribution >= 4 is 5.78 Å². The van der Waals surface area contributed by atoms with Gasteiger partial charge in [-0.05, 0) is 30.2 Å². The molecule has 0 aromatic heterocycles. The molecule has 1 aromatic carbocycles. The van der Waals surface area contributed by atoms with Crippen LogP contribution >= 0.6 is 0 Å². The summed E-state index contributed by atoms with van der Waals surface area (Å²) in [6, 6.07) is 4.46. The standard InChI is InChI=1S/C10H4F4O/c11-8-4-1-7(2-5-8)3-6-9(15)10(12,13)14/h1-2,4-5H. The van der Waals surface area contributed by atoms with Crippen molar-refractivity contribution in [3.05, 3.63) is 35.6 Å². The Morgan fingerprint density at radius 2 is 1.67 bits per heavy atom. The fourth-order valence-electron chi connectivity index (χ4n) is 0.733. The van der Waals surface area contributed by atoms with Crippen LogP contribution in [0.1, 0.15) is 5.56 Å². The first-order valence-electron chi connectivity index (χ1n) is 3.78. The minimum atomic E-state index is -4.95. The summed E-state index contributed by atoms with van der Waals surface area (Å²) in [5.41, 5.74) is 0.147. The first-order chi connectivity index (χ1) is 6.89. The zero-order valence-electron chi connectivity index (χ0n) is 7.23. The topological polar surface area (TPSA) is 17.1 Å². The second-order valence-electron chi connectivity index (χ2n) is 2.58. The van der Waals surface area contributed by atoms with E-state index in [1.807, 2.05) is 5.92 Å². The Kier molecular flexibility index (Phi) is 3.10. The molecule has 1 aromatic rings. The van der Waals surface area contributed by atoms with Crippen LogP contribution in [0.5, 0.6) is 0 Å². The molecule has 0 bridgehead atoms. The van der Waals surface area contributed by atoms with E-state index in [4.69, 9.17) is 0 Å². The van der Waals surface area contributed by atoms with Crippen molar-refractivity contribution in [1.29, 1.82) is 0 Å². The quantitative estimate of drug-likeness (QED) is 0.480. The molecule has 0 radical (unpaired) electrons. The summed E-state index contributed by atoms with van der Waals surface area (Å²) in [5, 5.41) is 0. The fraction of sp³-hybridized carbons (Fsp3) is 0.100. The van der Waals surface area contributed by atoms with Gasteiger partial charge in [-0.2, -0.15) is 13.2 Å². The van der Waals surface area contributed by atoms with Crippen molar-refractivity contribution in [3.63, 3.8) is 0 Å². The highest BCUT2D eigenvalue weighted by Gasteiger charge is 2.37. The Hall–Kier alpha value is -1.83. The van der Waals surface area contributed by atoms with Crippen molar-refractivity contribution in [2.24, 2.45) is 0 Å². The first kappa shape index (κ1) is 11.2. The molecule has 1 rings (SSSR count). The van der Waals surface area contributed by atoms with E-state index in [-0.39, 0.29) is 5.56 Å². The van der Waals surface area contributed by atoms with Gasteiger partial charge in [-0.25, -0.2) is 4.39 Å². The molecule has 0 N–H and O–H groups in total. The number of ketones is 1. The van der Waals surface area contributed by atoms with Gasteiger partial charge in [0.25, 0.3) is 0 Å². The molecule has 0 aliphatic rings. The third kappa shape index (κ3) is 3.43. The van der Waals surface area contributed by atoms with Gasteiger partial charge in [0.05, 0.1) is 0 Å². The molecule has 0 aliphatic heterocycles. The molecule has 0 saturated carbocycles. The number of rotatable bonds is 0. The van der Waals surface area contributed by atoms with E-state index < -0.39 is 17.8 Å². The molecule has 0 spiro atoms. The zero-order valence-corrected chi connectivity index (χ0v) is 7.23. The molecule has 0 saturated heterocycles. The largest absolute Gasteiger partial charge is 0.462 e. The van der Waals surface area contributed by atoms with Crippen LogP contribution in [-0.2, 0) is 4.79 Å². The van der Waals surface area contributed by atoms with Gasteiger partial charge in [0.1, 0.15) is 5.82 Å². The minimum Gasteiger partial charge on any atom is -0.275 e. The van der Waals surface area contributed by atoms with E-state index in [1.165, 1.54) is 18.1 Å².